The number of unbranched alkanes of at least 4 members (excludes halogenated alkanes) is 33. The lowest BCUT2D eigenvalue weighted by Crippen LogP contribution is -2.29. The number of carbonyl (C=O) groups is 2. The van der Waals surface area contributed by atoms with Gasteiger partial charge in [0.25, 0.3) is 0 Å². The second kappa shape index (κ2) is 46.7. The van der Waals surface area contributed by atoms with E-state index in [4.69, 9.17) is 18.5 Å². The van der Waals surface area contributed by atoms with E-state index in [0.717, 1.165) is 32.1 Å². The zero-order valence-electron chi connectivity index (χ0n) is 40.6. The van der Waals surface area contributed by atoms with E-state index in [-0.39, 0.29) is 25.6 Å². The molecule has 0 heterocycles. The number of esters is 2. The van der Waals surface area contributed by atoms with Crippen LogP contribution in [-0.4, -0.2) is 68.3 Å². The van der Waals surface area contributed by atoms with Crippen LogP contribution in [0.2, 0.25) is 0 Å². The molecular weight excluding hydrogens is 786 g/mol. The molecule has 61 heavy (non-hydrogen) atoms. The Balaban J connectivity index is 4.14. The lowest BCUT2D eigenvalue weighted by molar-refractivity contribution is -0.161. The number of phosphoric ester groups is 1. The smallest absolute Gasteiger partial charge is 0.462 e. The minimum atomic E-state index is -4.36. The van der Waals surface area contributed by atoms with Crippen molar-refractivity contribution in [2.24, 2.45) is 0 Å². The van der Waals surface area contributed by atoms with Crippen molar-refractivity contribution in [3.05, 3.63) is 12.2 Å². The fraction of sp³-hybridized carbons (Fsp3) is 0.922. The fourth-order valence-corrected chi connectivity index (χ4v) is 8.31. The van der Waals surface area contributed by atoms with E-state index in [9.17, 15) is 19.0 Å². The molecule has 0 radical (unpaired) electrons. The maximum Gasteiger partial charge on any atom is 0.472 e. The number of allylic oxidation sites excluding steroid dienone is 2. The van der Waals surface area contributed by atoms with Crippen LogP contribution in [0.5, 0.6) is 0 Å². The molecule has 0 aliphatic carbocycles. The SMILES string of the molecule is CCCCCCCC/C=C\CCCCCCCCCCCC(=O)OCC(COP(=O)(O)OCCN(C)C)OC(=O)CCCCCCCCCCCCCCCCCCCCC. The van der Waals surface area contributed by atoms with Gasteiger partial charge in [-0.1, -0.05) is 219 Å². The summed E-state index contributed by atoms with van der Waals surface area (Å²) in [6.07, 6.45) is 49.7. The summed E-state index contributed by atoms with van der Waals surface area (Å²) < 4.78 is 33.6. The molecular formula is C51H100NO8P. The average molecular weight is 886 g/mol. The molecule has 0 bridgehead atoms. The highest BCUT2D eigenvalue weighted by atomic mass is 31.2. The molecule has 0 amide bonds. The van der Waals surface area contributed by atoms with Crippen molar-refractivity contribution < 1.29 is 37.6 Å². The minimum Gasteiger partial charge on any atom is -0.462 e. The molecule has 0 aliphatic heterocycles. The number of rotatable bonds is 49. The van der Waals surface area contributed by atoms with E-state index in [0.29, 0.717) is 19.4 Å². The first-order valence-electron chi connectivity index (χ1n) is 26.0. The van der Waals surface area contributed by atoms with E-state index in [1.54, 1.807) is 0 Å². The Labute approximate surface area is 377 Å². The van der Waals surface area contributed by atoms with Crippen molar-refractivity contribution in [1.29, 1.82) is 0 Å². The lowest BCUT2D eigenvalue weighted by atomic mass is 10.0. The third-order valence-corrected chi connectivity index (χ3v) is 12.6. The van der Waals surface area contributed by atoms with E-state index in [1.165, 1.54) is 193 Å². The van der Waals surface area contributed by atoms with Crippen LogP contribution in [0.3, 0.4) is 0 Å². The molecule has 1 N–H and O–H groups in total. The lowest BCUT2D eigenvalue weighted by Gasteiger charge is -2.20. The summed E-state index contributed by atoms with van der Waals surface area (Å²) in [6, 6.07) is 0. The van der Waals surface area contributed by atoms with Gasteiger partial charge in [0.1, 0.15) is 6.61 Å². The molecule has 0 fully saturated rings. The molecule has 10 heteroatoms. The van der Waals surface area contributed by atoms with Gasteiger partial charge in [-0.3, -0.25) is 18.6 Å². The van der Waals surface area contributed by atoms with E-state index < -0.39 is 26.5 Å². The summed E-state index contributed by atoms with van der Waals surface area (Å²) in [7, 11) is -0.701. The number of carbonyl (C=O) groups excluding carboxylic acids is 2. The number of phosphoric acid groups is 1. The van der Waals surface area contributed by atoms with E-state index in [1.807, 2.05) is 19.0 Å². The second-order valence-corrected chi connectivity index (χ2v) is 19.5. The van der Waals surface area contributed by atoms with Gasteiger partial charge in [-0.2, -0.15) is 0 Å². The van der Waals surface area contributed by atoms with Gasteiger partial charge < -0.3 is 19.3 Å². The summed E-state index contributed by atoms with van der Waals surface area (Å²) in [5.74, 6) is -0.788. The molecule has 0 aromatic carbocycles. The molecule has 9 nitrogen and oxygen atoms in total. The summed E-state index contributed by atoms with van der Waals surface area (Å²) in [5, 5.41) is 0. The molecule has 2 unspecified atom stereocenters. The van der Waals surface area contributed by atoms with Gasteiger partial charge >= 0.3 is 19.8 Å². The first kappa shape index (κ1) is 59.8. The van der Waals surface area contributed by atoms with Crippen LogP contribution >= 0.6 is 7.82 Å². The number of nitrogens with zero attached hydrogens (tertiary/aromatic N) is 1. The Bertz CT molecular complexity index is 1020. The number of ether oxygens (including phenoxy) is 2. The fourth-order valence-electron chi connectivity index (χ4n) is 7.57. The van der Waals surface area contributed by atoms with Crippen LogP contribution in [0.1, 0.15) is 258 Å². The van der Waals surface area contributed by atoms with Gasteiger partial charge in [0.05, 0.1) is 13.2 Å². The predicted octanol–water partition coefficient (Wildman–Crippen LogP) is 15.6. The zero-order chi connectivity index (χ0) is 44.8. The van der Waals surface area contributed by atoms with Crippen molar-refractivity contribution in [2.75, 3.05) is 40.5 Å². The minimum absolute atomic E-state index is 0.0108. The first-order chi connectivity index (χ1) is 29.7. The van der Waals surface area contributed by atoms with Gasteiger partial charge in [-0.25, -0.2) is 4.57 Å². The van der Waals surface area contributed by atoms with Crippen LogP contribution in [0, 0.1) is 0 Å². The Hall–Kier alpha value is -1.25. The van der Waals surface area contributed by atoms with Gasteiger partial charge in [-0.15, -0.1) is 0 Å². The van der Waals surface area contributed by atoms with Gasteiger partial charge in [0.15, 0.2) is 6.10 Å². The second-order valence-electron chi connectivity index (χ2n) is 18.1. The van der Waals surface area contributed by atoms with E-state index >= 15 is 0 Å². The Morgan fingerprint density at radius 3 is 1.21 bits per heavy atom. The molecule has 0 saturated carbocycles. The normalized spacial score (nSPS) is 13.3. The number of likely N-dealkylation sites (N-methyl/N-ethyl adjacent to an activating group) is 1. The molecule has 0 spiro atoms. The third-order valence-electron chi connectivity index (χ3n) is 11.6. The summed E-state index contributed by atoms with van der Waals surface area (Å²) >= 11 is 0. The summed E-state index contributed by atoms with van der Waals surface area (Å²) in [6.45, 7) is 4.37. The molecule has 0 aromatic heterocycles. The van der Waals surface area contributed by atoms with Crippen molar-refractivity contribution in [2.45, 2.75) is 264 Å². The van der Waals surface area contributed by atoms with Crippen molar-refractivity contribution in [3.63, 3.8) is 0 Å². The van der Waals surface area contributed by atoms with Crippen molar-refractivity contribution in [3.8, 4) is 0 Å². The molecule has 0 aliphatic rings. The Kier molecular flexibility index (Phi) is 45.8. The van der Waals surface area contributed by atoms with Gasteiger partial charge in [0, 0.05) is 19.4 Å². The standard InChI is InChI=1S/C51H100NO8P/c1-5-7-9-11-13-15-17-19-21-23-25-27-29-31-33-35-37-39-41-43-50(53)57-47-49(48-59-61(55,56)58-46-45-52(3)4)60-51(54)44-42-40-38-36-34-32-30-28-26-24-22-20-18-16-14-12-10-8-6-2/h19,21,49H,5-18,20,22-48H2,1-4H3,(H,55,56)/b21-19-. The highest BCUT2D eigenvalue weighted by Crippen LogP contribution is 2.43. The first-order valence-corrected chi connectivity index (χ1v) is 27.5. The average Bonchev–Trinajstić information content (AvgIpc) is 3.23. The number of hydrogen-bond acceptors (Lipinski definition) is 8. The third kappa shape index (κ3) is 48.1. The zero-order valence-corrected chi connectivity index (χ0v) is 41.5. The molecule has 362 valence electrons. The molecule has 0 saturated heterocycles. The van der Waals surface area contributed by atoms with Gasteiger partial charge in [-0.05, 0) is 52.6 Å². The summed E-state index contributed by atoms with van der Waals surface area (Å²) in [5.41, 5.74) is 0. The van der Waals surface area contributed by atoms with Crippen molar-refractivity contribution >= 4 is 19.8 Å². The highest BCUT2D eigenvalue weighted by molar-refractivity contribution is 7.47. The van der Waals surface area contributed by atoms with Crippen LogP contribution in [-0.2, 0) is 32.7 Å². The largest absolute Gasteiger partial charge is 0.472 e. The molecule has 0 aromatic rings. The van der Waals surface area contributed by atoms with Gasteiger partial charge in [0.2, 0.25) is 0 Å². The Morgan fingerprint density at radius 2 is 0.836 bits per heavy atom. The highest BCUT2D eigenvalue weighted by Gasteiger charge is 2.26. The van der Waals surface area contributed by atoms with Crippen LogP contribution < -0.4 is 0 Å². The van der Waals surface area contributed by atoms with Crippen LogP contribution in [0.4, 0.5) is 0 Å². The maximum atomic E-state index is 12.7. The number of hydrogen-bond donors (Lipinski definition) is 1. The quantitative estimate of drug-likeness (QED) is 0.0276. The monoisotopic (exact) mass is 886 g/mol. The van der Waals surface area contributed by atoms with E-state index in [2.05, 4.69) is 26.0 Å². The van der Waals surface area contributed by atoms with Crippen molar-refractivity contribution in [1.82, 2.24) is 4.90 Å². The predicted molar refractivity (Wildman–Crippen MR) is 257 cm³/mol. The molecule has 2 atom stereocenters. The molecule has 0 rings (SSSR count). The van der Waals surface area contributed by atoms with Crippen LogP contribution in [0.25, 0.3) is 0 Å². The Morgan fingerprint density at radius 1 is 0.492 bits per heavy atom. The summed E-state index contributed by atoms with van der Waals surface area (Å²) in [4.78, 5) is 37.2. The maximum absolute atomic E-state index is 12.7. The topological polar surface area (TPSA) is 112 Å². The van der Waals surface area contributed by atoms with Crippen LogP contribution in [0.15, 0.2) is 12.2 Å².